The van der Waals surface area contributed by atoms with Gasteiger partial charge in [-0.2, -0.15) is 0 Å². The number of carbonyl (C=O) groups is 13. The van der Waals surface area contributed by atoms with Crippen molar-refractivity contribution in [1.29, 1.82) is 0 Å². The minimum absolute atomic E-state index is 0.0676. The van der Waals surface area contributed by atoms with E-state index in [9.17, 15) is 28.8 Å². The van der Waals surface area contributed by atoms with E-state index in [0.29, 0.717) is 28.8 Å². The number of ketones is 1. The number of fused-ring (bicyclic) bond motifs is 2. The number of rotatable bonds is 16. The number of amides is 12. The maximum atomic E-state index is 15.3. The Morgan fingerprint density at radius 3 is 1.61 bits per heavy atom. The number of benzene rings is 4. The first-order valence-corrected chi connectivity index (χ1v) is 39.4. The van der Waals surface area contributed by atoms with Crippen LogP contribution >= 0.6 is 11.8 Å². The van der Waals surface area contributed by atoms with Crippen molar-refractivity contribution in [2.75, 3.05) is 25.1 Å². The number of hydrogen-bond acceptors (Lipinski definition) is 15. The number of imidazole rings is 1. The lowest BCUT2D eigenvalue weighted by atomic mass is 9.97. The molecule has 2 saturated heterocycles. The molecular formula is C82H109N15O13S. The zero-order valence-corrected chi connectivity index (χ0v) is 66.4. The van der Waals surface area contributed by atoms with Gasteiger partial charge in [0.1, 0.15) is 66.5 Å². The van der Waals surface area contributed by atoms with Gasteiger partial charge in [0, 0.05) is 74.2 Å². The molecule has 6 aromatic rings. The predicted octanol–water partition coefficient (Wildman–Crippen LogP) is 4.52. The van der Waals surface area contributed by atoms with Gasteiger partial charge in [0.2, 0.25) is 70.9 Å². The van der Waals surface area contributed by atoms with Crippen LogP contribution in [0.5, 0.6) is 0 Å². The van der Waals surface area contributed by atoms with Crippen LogP contribution in [0.4, 0.5) is 0 Å². The lowest BCUT2D eigenvalue weighted by Crippen LogP contribution is -2.62. The van der Waals surface area contributed by atoms with Crippen LogP contribution in [-0.2, 0) is 88.0 Å². The van der Waals surface area contributed by atoms with Gasteiger partial charge in [0.15, 0.2) is 5.78 Å². The number of para-hydroxylation sites is 1. The first kappa shape index (κ1) is 85.9. The molecule has 12 atom stereocenters. The third-order valence-corrected chi connectivity index (χ3v) is 21.0. The fourth-order valence-corrected chi connectivity index (χ4v) is 14.5. The zero-order chi connectivity index (χ0) is 80.9. The Balaban J connectivity index is 1.15. The first-order chi connectivity index (χ1) is 52.8. The molecular weight excluding hydrogens is 1440 g/mol. The Morgan fingerprint density at radius 2 is 1.02 bits per heavy atom. The molecule has 29 heteroatoms. The molecule has 0 radical (unpaired) electrons. The smallest absolute Gasteiger partial charge is 0.245 e. The quantitative estimate of drug-likeness (QED) is 0.0634. The van der Waals surface area contributed by atoms with Crippen LogP contribution < -0.4 is 53.2 Å². The number of aromatic amines is 2. The number of aromatic nitrogens is 3. The molecule has 596 valence electrons. The van der Waals surface area contributed by atoms with Crippen LogP contribution in [0.25, 0.3) is 22.0 Å². The second-order valence-electron chi connectivity index (χ2n) is 30.7. The molecule has 2 aromatic heterocycles. The van der Waals surface area contributed by atoms with Gasteiger partial charge < -0.3 is 72.9 Å². The molecule has 12 N–H and O–H groups in total. The predicted molar refractivity (Wildman–Crippen MR) is 423 cm³/mol. The molecule has 0 aliphatic carbocycles. The Hall–Kier alpha value is -10.7. The summed E-state index contributed by atoms with van der Waals surface area (Å²) in [7, 11) is 1.39. The van der Waals surface area contributed by atoms with Crippen molar-refractivity contribution >= 4 is 99.3 Å². The summed E-state index contributed by atoms with van der Waals surface area (Å²) >= 11 is 0.993. The molecule has 2 aliphatic rings. The van der Waals surface area contributed by atoms with Crippen molar-refractivity contribution in [3.05, 3.63) is 150 Å². The van der Waals surface area contributed by atoms with Crippen LogP contribution in [0.2, 0.25) is 0 Å². The summed E-state index contributed by atoms with van der Waals surface area (Å²) in [5, 5.41) is 28.9. The van der Waals surface area contributed by atoms with E-state index in [4.69, 9.17) is 0 Å². The number of thioether (sulfide) groups is 1. The van der Waals surface area contributed by atoms with E-state index in [1.54, 1.807) is 91.9 Å². The van der Waals surface area contributed by atoms with E-state index in [1.165, 1.54) is 43.2 Å². The topological polar surface area (TPSA) is 393 Å². The van der Waals surface area contributed by atoms with Crippen molar-refractivity contribution in [3.8, 4) is 11.1 Å². The van der Waals surface area contributed by atoms with Crippen molar-refractivity contribution in [2.24, 2.45) is 29.6 Å². The second-order valence-corrected chi connectivity index (χ2v) is 31.7. The minimum Gasteiger partial charge on any atom is -0.361 e. The van der Waals surface area contributed by atoms with Crippen LogP contribution in [0.3, 0.4) is 0 Å². The summed E-state index contributed by atoms with van der Waals surface area (Å²) in [5.41, 5.74) is 4.82. The third kappa shape index (κ3) is 23.9. The molecule has 12 amide bonds. The molecule has 0 spiro atoms. The molecule has 0 unspecified atom stereocenters. The first-order valence-electron chi connectivity index (χ1n) is 38.2. The van der Waals surface area contributed by atoms with E-state index in [1.807, 2.05) is 92.7 Å². The minimum atomic E-state index is -1.40. The number of likely N-dealkylation sites (N-methyl/N-ethyl adjacent to an activating group) is 1. The molecule has 111 heavy (non-hydrogen) atoms. The number of hydrogen-bond donors (Lipinski definition) is 12. The van der Waals surface area contributed by atoms with Crippen LogP contribution in [0.15, 0.2) is 128 Å². The Bertz CT molecular complexity index is 4230. The van der Waals surface area contributed by atoms with Crippen molar-refractivity contribution in [1.82, 2.24) is 77.9 Å². The van der Waals surface area contributed by atoms with Gasteiger partial charge in [-0.15, -0.1) is 11.8 Å². The SMILES string of the molecule is CC(C)C[C@@H]1NC(=O)[C@H](C(C)C)NC(=O)[C@H](Cc2ccccc2)N(C)C(=O)[C@H](Cc2c[nH]cn2)NC(=O)[C@H](C)NC(=O)[C@H](C)NC(=O)CSC[C@@H](C(=O)C(C)C)NC(=O)[C@H](C(C)C)NC(=O)[C@H](Cc2c[nH]c3ccccc23)NC(=O)[C@H](C(C)C)NC(=O)[C@H](Cc2ccc(-c3ccccc3)cc2)NC(=O)[C@@H]2CCCN2C1=O. The highest BCUT2D eigenvalue weighted by molar-refractivity contribution is 8.00. The van der Waals surface area contributed by atoms with Crippen LogP contribution in [0.1, 0.15) is 125 Å². The summed E-state index contributed by atoms with van der Waals surface area (Å²) in [4.78, 5) is 204. The monoisotopic (exact) mass is 1540 g/mol. The van der Waals surface area contributed by atoms with Gasteiger partial charge in [-0.05, 0) is 90.7 Å². The molecule has 0 bridgehead atoms. The molecule has 2 aliphatic heterocycles. The van der Waals surface area contributed by atoms with Gasteiger partial charge in [-0.3, -0.25) is 62.3 Å². The Kier molecular flexibility index (Phi) is 31.2. The maximum Gasteiger partial charge on any atom is 0.245 e. The van der Waals surface area contributed by atoms with E-state index >= 15 is 33.6 Å². The van der Waals surface area contributed by atoms with Crippen molar-refractivity contribution < 1.29 is 62.3 Å². The Morgan fingerprint density at radius 1 is 0.495 bits per heavy atom. The fourth-order valence-electron chi connectivity index (χ4n) is 13.6. The van der Waals surface area contributed by atoms with Gasteiger partial charge in [-0.1, -0.05) is 172 Å². The van der Waals surface area contributed by atoms with E-state index in [-0.39, 0.29) is 68.3 Å². The average Bonchev–Trinajstić information content (AvgIpc) is 1.77. The maximum absolute atomic E-state index is 15.3. The van der Waals surface area contributed by atoms with Gasteiger partial charge in [-0.25, -0.2) is 4.98 Å². The van der Waals surface area contributed by atoms with Gasteiger partial charge in [0.25, 0.3) is 0 Å². The number of carbonyl (C=O) groups excluding carboxylic acids is 13. The van der Waals surface area contributed by atoms with Gasteiger partial charge in [0.05, 0.1) is 23.8 Å². The van der Waals surface area contributed by atoms with E-state index in [2.05, 4.69) is 68.1 Å². The van der Waals surface area contributed by atoms with E-state index < -0.39 is 167 Å². The van der Waals surface area contributed by atoms with E-state index in [0.717, 1.165) is 33.8 Å². The van der Waals surface area contributed by atoms with Crippen molar-refractivity contribution in [3.63, 3.8) is 0 Å². The number of nitrogens with one attached hydrogen (secondary N) is 12. The standard InChI is InChI=1S/C82H109N15O13S/c1-45(2)35-62-82(110)97-34-22-29-65(97)76(104)88-60(36-53-30-32-55(33-31-53)54-25-18-15-19-26-54)74(102)93-68(46(3)4)78(106)89-61(38-56-40-84-59-28-21-20-27-58(56)59)75(103)94-69(47(5)6)80(108)92-64(71(99)49(9)10)42-111-43-67(98)86-50(11)72(100)87-51(12)73(101)90-63(39-57-41-83-44-85-57)81(109)96(13)66(37-52-23-16-14-17-24-52)77(105)95-70(48(7)8)79(107)91-62/h14-21,23-28,30-33,40-41,44-51,60-66,68-70,84H,22,29,34-39,42-43H2,1-13H3,(H,83,85)(H,86,98)(H,87,100)(H,88,104)(H,89,106)(H,90,101)(H,91,107)(H,92,108)(H,93,102)(H,94,103)(H,95,105)/t50-,51-,60-,61-,62-,63-,64-,65-,66-,68-,69-,70-/m0/s1. The Labute approximate surface area is 653 Å². The highest BCUT2D eigenvalue weighted by Crippen LogP contribution is 2.26. The summed E-state index contributed by atoms with van der Waals surface area (Å²) in [5.74, 6) is -12.2. The zero-order valence-electron chi connectivity index (χ0n) is 65.6. The normalized spacial score (nSPS) is 24.5. The average molecular weight is 1540 g/mol. The molecule has 2 fully saturated rings. The molecule has 0 saturated carbocycles. The lowest BCUT2D eigenvalue weighted by molar-refractivity contribution is -0.144. The fraction of sp³-hybridized carbons (Fsp3) is 0.488. The van der Waals surface area contributed by atoms with Crippen molar-refractivity contribution in [2.45, 2.75) is 201 Å². The second kappa shape index (κ2) is 40.3. The molecule has 8 rings (SSSR count). The summed E-state index contributed by atoms with van der Waals surface area (Å²) < 4.78 is 0. The highest BCUT2D eigenvalue weighted by Gasteiger charge is 2.43. The van der Waals surface area contributed by atoms with Crippen LogP contribution in [0, 0.1) is 29.6 Å². The summed E-state index contributed by atoms with van der Waals surface area (Å²) in [6.45, 7) is 20.1. The molecule has 4 aromatic carbocycles. The lowest BCUT2D eigenvalue weighted by Gasteiger charge is -2.34. The number of Topliss-reactive ketones (excluding diaryl/α,β-unsaturated/α-hetero) is 1. The highest BCUT2D eigenvalue weighted by atomic mass is 32.2. The summed E-state index contributed by atoms with van der Waals surface area (Å²) in [6.07, 6.45) is 4.82. The number of nitrogens with zero attached hydrogens (tertiary/aromatic N) is 3. The largest absolute Gasteiger partial charge is 0.361 e. The third-order valence-electron chi connectivity index (χ3n) is 20.0. The van der Waals surface area contributed by atoms with Gasteiger partial charge >= 0.3 is 0 Å². The molecule has 4 heterocycles. The number of H-pyrrole nitrogens is 2. The van der Waals surface area contributed by atoms with Crippen LogP contribution in [-0.4, -0.2) is 199 Å². The summed E-state index contributed by atoms with van der Waals surface area (Å²) in [6, 6.07) is 17.7. The molecule has 28 nitrogen and oxygen atoms in total.